The van der Waals surface area contributed by atoms with Crippen molar-refractivity contribution >= 4 is 17.4 Å². The van der Waals surface area contributed by atoms with Crippen molar-refractivity contribution < 1.29 is 18.7 Å². The molecule has 8 nitrogen and oxygen atoms in total. The van der Waals surface area contributed by atoms with E-state index in [0.29, 0.717) is 23.7 Å². The molecular formula is C32H36FN5O3. The van der Waals surface area contributed by atoms with Gasteiger partial charge in [0.2, 0.25) is 5.88 Å². The number of halogens is 1. The van der Waals surface area contributed by atoms with E-state index >= 15 is 4.39 Å². The first-order valence-corrected chi connectivity index (χ1v) is 14.7. The normalized spacial score (nSPS) is 19.8. The summed E-state index contributed by atoms with van der Waals surface area (Å²) in [5, 5.41) is 4.33. The molecule has 2 aliphatic rings. The van der Waals surface area contributed by atoms with E-state index in [0.717, 1.165) is 68.4 Å². The molecule has 4 aromatic rings. The molecule has 9 heteroatoms. The zero-order valence-electron chi connectivity index (χ0n) is 23.5. The molecule has 3 aromatic heterocycles. The van der Waals surface area contributed by atoms with E-state index in [1.807, 2.05) is 42.6 Å². The number of carbonyl (C=O) groups is 1. The Bertz CT molecular complexity index is 1500. The monoisotopic (exact) mass is 557 g/mol. The van der Waals surface area contributed by atoms with Gasteiger partial charge in [-0.2, -0.15) is 5.10 Å². The van der Waals surface area contributed by atoms with Gasteiger partial charge in [0.15, 0.2) is 5.65 Å². The van der Waals surface area contributed by atoms with Gasteiger partial charge in [0.25, 0.3) is 0 Å². The molecule has 4 heterocycles. The SMILES string of the molecule is CCOC(=O)c1cnn2ccc(N3CCCCC3(c3cc(F)cnc3OCc3ccccc3)C3CCCCC3)nc12. The first-order valence-electron chi connectivity index (χ1n) is 14.7. The van der Waals surface area contributed by atoms with Gasteiger partial charge in [0, 0.05) is 18.3 Å². The maximum atomic E-state index is 15.1. The van der Waals surface area contributed by atoms with E-state index in [-0.39, 0.29) is 18.3 Å². The Morgan fingerprint density at radius 3 is 2.71 bits per heavy atom. The van der Waals surface area contributed by atoms with E-state index in [4.69, 9.17) is 14.5 Å². The molecule has 0 spiro atoms. The van der Waals surface area contributed by atoms with Crippen LogP contribution in [0.1, 0.15) is 79.8 Å². The van der Waals surface area contributed by atoms with E-state index in [9.17, 15) is 4.79 Å². The predicted octanol–water partition coefficient (Wildman–Crippen LogP) is 6.49. The van der Waals surface area contributed by atoms with Crippen LogP contribution in [0.3, 0.4) is 0 Å². The molecule has 0 radical (unpaired) electrons. The Kier molecular flexibility index (Phi) is 7.85. The number of piperidine rings is 1. The summed E-state index contributed by atoms with van der Waals surface area (Å²) in [6.07, 6.45) is 12.9. The lowest BCUT2D eigenvalue weighted by Gasteiger charge is -2.53. The van der Waals surface area contributed by atoms with Crippen molar-refractivity contribution in [3.8, 4) is 5.88 Å². The molecule has 1 atom stereocenters. The zero-order valence-corrected chi connectivity index (χ0v) is 23.5. The van der Waals surface area contributed by atoms with Crippen molar-refractivity contribution in [1.82, 2.24) is 19.6 Å². The molecule has 0 amide bonds. The highest BCUT2D eigenvalue weighted by molar-refractivity contribution is 5.95. The molecule has 6 rings (SSSR count). The van der Waals surface area contributed by atoms with Crippen LogP contribution in [0.4, 0.5) is 10.2 Å². The van der Waals surface area contributed by atoms with Crippen molar-refractivity contribution in [2.75, 3.05) is 18.1 Å². The van der Waals surface area contributed by atoms with Gasteiger partial charge >= 0.3 is 5.97 Å². The molecule has 2 fully saturated rings. The van der Waals surface area contributed by atoms with Crippen LogP contribution in [-0.2, 0) is 16.9 Å². The number of aromatic nitrogens is 4. The Hall–Kier alpha value is -4.01. The standard InChI is InChI=1S/C32H36FN5O3/c1-2-40-31(39)26-21-35-38-18-15-28(36-29(26)38)37-17-10-9-16-32(37,24-13-7-4-8-14-24)27-19-25(33)20-34-30(27)41-22-23-11-5-3-6-12-23/h3,5-6,11-12,15,18-21,24H,2,4,7-10,13-14,16-17,22H2,1H3. The highest BCUT2D eigenvalue weighted by Crippen LogP contribution is 2.52. The van der Waals surface area contributed by atoms with E-state index in [2.05, 4.69) is 15.0 Å². The summed E-state index contributed by atoms with van der Waals surface area (Å²) in [7, 11) is 0. The lowest BCUT2D eigenvalue weighted by atomic mass is 9.66. The van der Waals surface area contributed by atoms with E-state index in [1.54, 1.807) is 17.5 Å². The van der Waals surface area contributed by atoms with Crippen LogP contribution in [0, 0.1) is 11.7 Å². The average molecular weight is 558 g/mol. The molecule has 41 heavy (non-hydrogen) atoms. The Balaban J connectivity index is 1.48. The second-order valence-corrected chi connectivity index (χ2v) is 11.0. The Labute approximate surface area is 239 Å². The number of nitrogens with zero attached hydrogens (tertiary/aromatic N) is 5. The summed E-state index contributed by atoms with van der Waals surface area (Å²) < 4.78 is 28.3. The number of hydrogen-bond acceptors (Lipinski definition) is 7. The van der Waals surface area contributed by atoms with Crippen molar-refractivity contribution in [1.29, 1.82) is 0 Å². The summed E-state index contributed by atoms with van der Waals surface area (Å²) >= 11 is 0. The maximum absolute atomic E-state index is 15.1. The van der Waals surface area contributed by atoms with Crippen LogP contribution in [0.15, 0.2) is 61.1 Å². The predicted molar refractivity (Wildman–Crippen MR) is 153 cm³/mol. The largest absolute Gasteiger partial charge is 0.473 e. The molecular weight excluding hydrogens is 521 g/mol. The van der Waals surface area contributed by atoms with Gasteiger partial charge in [0.05, 0.1) is 24.5 Å². The quantitative estimate of drug-likeness (QED) is 0.229. The number of rotatable bonds is 8. The van der Waals surface area contributed by atoms with Crippen LogP contribution < -0.4 is 9.64 Å². The third-order valence-electron chi connectivity index (χ3n) is 8.58. The molecule has 1 aliphatic carbocycles. The molecule has 214 valence electrons. The number of benzene rings is 1. The molecule has 0 bridgehead atoms. The number of esters is 1. The fourth-order valence-electron chi connectivity index (χ4n) is 6.76. The summed E-state index contributed by atoms with van der Waals surface area (Å²) in [6.45, 7) is 3.14. The fraction of sp³-hybridized carbons (Fsp3) is 0.438. The van der Waals surface area contributed by atoms with Crippen molar-refractivity contribution in [2.24, 2.45) is 5.92 Å². The minimum atomic E-state index is -0.560. The second-order valence-electron chi connectivity index (χ2n) is 11.0. The molecule has 1 unspecified atom stereocenters. The molecule has 1 aliphatic heterocycles. The first kappa shape index (κ1) is 27.2. The maximum Gasteiger partial charge on any atom is 0.343 e. The van der Waals surface area contributed by atoms with Crippen molar-refractivity contribution in [2.45, 2.75) is 70.4 Å². The van der Waals surface area contributed by atoms with Crippen LogP contribution in [0.5, 0.6) is 5.88 Å². The fourth-order valence-corrected chi connectivity index (χ4v) is 6.76. The van der Waals surface area contributed by atoms with Crippen molar-refractivity contribution in [3.63, 3.8) is 0 Å². The van der Waals surface area contributed by atoms with Gasteiger partial charge in [0.1, 0.15) is 23.8 Å². The number of anilines is 1. The summed E-state index contributed by atoms with van der Waals surface area (Å²) in [5.41, 5.74) is 2.02. The highest BCUT2D eigenvalue weighted by Gasteiger charge is 2.49. The van der Waals surface area contributed by atoms with Gasteiger partial charge < -0.3 is 14.4 Å². The topological polar surface area (TPSA) is 81.8 Å². The minimum absolute atomic E-state index is 0.269. The summed E-state index contributed by atoms with van der Waals surface area (Å²) in [5.74, 6) is 0.635. The Morgan fingerprint density at radius 1 is 1.07 bits per heavy atom. The number of carbonyl (C=O) groups excluding carboxylic acids is 1. The molecule has 1 saturated heterocycles. The van der Waals surface area contributed by atoms with E-state index < -0.39 is 11.5 Å². The number of hydrogen-bond donors (Lipinski definition) is 0. The smallest absolute Gasteiger partial charge is 0.343 e. The lowest BCUT2D eigenvalue weighted by Crippen LogP contribution is -2.55. The average Bonchev–Trinajstić information content (AvgIpc) is 3.45. The third kappa shape index (κ3) is 5.25. The first-order chi connectivity index (χ1) is 20.1. The van der Waals surface area contributed by atoms with Crippen LogP contribution in [0.2, 0.25) is 0 Å². The van der Waals surface area contributed by atoms with Gasteiger partial charge in [-0.1, -0.05) is 49.6 Å². The highest BCUT2D eigenvalue weighted by atomic mass is 19.1. The van der Waals surface area contributed by atoms with Crippen LogP contribution >= 0.6 is 0 Å². The lowest BCUT2D eigenvalue weighted by molar-refractivity contribution is 0.0528. The Morgan fingerprint density at radius 2 is 1.90 bits per heavy atom. The van der Waals surface area contributed by atoms with Gasteiger partial charge in [-0.15, -0.1) is 0 Å². The number of fused-ring (bicyclic) bond motifs is 1. The summed E-state index contributed by atoms with van der Waals surface area (Å²) in [4.78, 5) is 24.5. The third-order valence-corrected chi connectivity index (χ3v) is 8.58. The second kappa shape index (κ2) is 11.8. The van der Waals surface area contributed by atoms with Crippen LogP contribution in [-0.4, -0.2) is 38.7 Å². The van der Waals surface area contributed by atoms with Crippen LogP contribution in [0.25, 0.3) is 5.65 Å². The number of pyridine rings is 1. The molecule has 1 saturated carbocycles. The number of ether oxygens (including phenoxy) is 2. The van der Waals surface area contributed by atoms with E-state index in [1.165, 1.54) is 18.8 Å². The zero-order chi connectivity index (χ0) is 28.2. The van der Waals surface area contributed by atoms with Crippen molar-refractivity contribution in [3.05, 3.63) is 83.6 Å². The summed E-state index contributed by atoms with van der Waals surface area (Å²) in [6, 6.07) is 13.5. The van der Waals surface area contributed by atoms with Gasteiger partial charge in [-0.05, 0) is 62.6 Å². The minimum Gasteiger partial charge on any atom is -0.473 e. The molecule has 0 N–H and O–H groups in total. The molecule has 1 aromatic carbocycles. The van der Waals surface area contributed by atoms with Gasteiger partial charge in [-0.25, -0.2) is 23.7 Å². The van der Waals surface area contributed by atoms with Gasteiger partial charge in [-0.3, -0.25) is 0 Å².